The van der Waals surface area contributed by atoms with Gasteiger partial charge < -0.3 is 10.2 Å². The first-order valence-electron chi connectivity index (χ1n) is 10.6. The Balaban J connectivity index is 1.42. The minimum Gasteiger partial charge on any atom is -0.339 e. The Morgan fingerprint density at radius 3 is 2.32 bits per heavy atom. The van der Waals surface area contributed by atoms with Crippen molar-refractivity contribution in [2.75, 3.05) is 51.6 Å². The number of para-hydroxylation sites is 1. The minimum atomic E-state index is -0.269. The molecule has 1 aliphatic heterocycles. The smallest absolute Gasteiger partial charge is 0.238 e. The summed E-state index contributed by atoms with van der Waals surface area (Å²) in [5, 5.41) is 3.02. The van der Waals surface area contributed by atoms with Gasteiger partial charge in [-0.05, 0) is 49.7 Å². The predicted molar refractivity (Wildman–Crippen MR) is 120 cm³/mol. The van der Waals surface area contributed by atoms with E-state index in [9.17, 15) is 14.0 Å². The summed E-state index contributed by atoms with van der Waals surface area (Å²) in [6.45, 7) is 7.61. The van der Waals surface area contributed by atoms with Crippen molar-refractivity contribution in [1.29, 1.82) is 0 Å². The molecule has 0 spiro atoms. The normalized spacial score (nSPS) is 14.7. The average molecular weight is 427 g/mol. The van der Waals surface area contributed by atoms with Crippen LogP contribution in [0.5, 0.6) is 0 Å². The number of nitrogens with one attached hydrogen (secondary N) is 1. The van der Waals surface area contributed by atoms with Gasteiger partial charge >= 0.3 is 0 Å². The van der Waals surface area contributed by atoms with Crippen molar-refractivity contribution in [1.82, 2.24) is 14.7 Å². The van der Waals surface area contributed by atoms with E-state index in [0.29, 0.717) is 39.3 Å². The van der Waals surface area contributed by atoms with Gasteiger partial charge in [0.15, 0.2) is 0 Å². The summed E-state index contributed by atoms with van der Waals surface area (Å²) in [5.41, 5.74) is 3.81. The molecule has 6 nitrogen and oxygen atoms in total. The van der Waals surface area contributed by atoms with Crippen molar-refractivity contribution in [3.8, 4) is 0 Å². The van der Waals surface area contributed by atoms with Gasteiger partial charge in [-0.2, -0.15) is 0 Å². The van der Waals surface area contributed by atoms with Crippen LogP contribution >= 0.6 is 0 Å². The second kappa shape index (κ2) is 10.5. The van der Waals surface area contributed by atoms with Crippen molar-refractivity contribution in [3.63, 3.8) is 0 Å². The van der Waals surface area contributed by atoms with Gasteiger partial charge in [0.25, 0.3) is 0 Å². The number of amides is 2. The third-order valence-corrected chi connectivity index (χ3v) is 5.58. The van der Waals surface area contributed by atoms with Crippen LogP contribution in [0.4, 0.5) is 10.1 Å². The number of nitrogens with zero attached hydrogens (tertiary/aromatic N) is 3. The molecule has 2 amide bonds. The number of carbonyl (C=O) groups excluding carboxylic acids is 2. The molecule has 0 bridgehead atoms. The van der Waals surface area contributed by atoms with Crippen LogP contribution in [0.25, 0.3) is 0 Å². The average Bonchev–Trinajstić information content (AvgIpc) is 2.71. The van der Waals surface area contributed by atoms with Crippen LogP contribution in [0.2, 0.25) is 0 Å². The topological polar surface area (TPSA) is 55.9 Å². The van der Waals surface area contributed by atoms with Crippen molar-refractivity contribution in [2.24, 2.45) is 0 Å². The van der Waals surface area contributed by atoms with Crippen LogP contribution in [-0.2, 0) is 16.1 Å². The Morgan fingerprint density at radius 1 is 1.03 bits per heavy atom. The Bertz CT molecular complexity index is 905. The first-order chi connectivity index (χ1) is 14.8. The Hall–Kier alpha value is -2.77. The number of aryl methyl sites for hydroxylation is 2. The van der Waals surface area contributed by atoms with E-state index >= 15 is 0 Å². The highest BCUT2D eigenvalue weighted by atomic mass is 19.1. The molecule has 1 heterocycles. The molecule has 0 radical (unpaired) electrons. The fourth-order valence-corrected chi connectivity index (χ4v) is 3.88. The molecule has 166 valence electrons. The number of anilines is 1. The zero-order valence-electron chi connectivity index (χ0n) is 18.5. The van der Waals surface area contributed by atoms with Gasteiger partial charge in [0, 0.05) is 38.4 Å². The lowest BCUT2D eigenvalue weighted by atomic mass is 10.1. The molecule has 1 fully saturated rings. The molecule has 0 saturated carbocycles. The number of benzene rings is 2. The SMILES string of the molecule is Cc1cccc(C)c1NC(=O)CN1CCN(C(=O)CN(C)Cc2cccc(F)c2)CC1. The van der Waals surface area contributed by atoms with Gasteiger partial charge in [-0.25, -0.2) is 4.39 Å². The van der Waals surface area contributed by atoms with Gasteiger partial charge in [-0.15, -0.1) is 0 Å². The lowest BCUT2D eigenvalue weighted by Crippen LogP contribution is -2.52. The number of halogens is 1. The molecule has 31 heavy (non-hydrogen) atoms. The molecular formula is C24H31FN4O2. The van der Waals surface area contributed by atoms with Gasteiger partial charge in [0.1, 0.15) is 5.82 Å². The van der Waals surface area contributed by atoms with Gasteiger partial charge in [-0.1, -0.05) is 30.3 Å². The Morgan fingerprint density at radius 2 is 1.68 bits per heavy atom. The molecule has 3 rings (SSSR count). The van der Waals surface area contributed by atoms with E-state index in [1.807, 2.05) is 55.0 Å². The van der Waals surface area contributed by atoms with Crippen LogP contribution in [0.15, 0.2) is 42.5 Å². The summed E-state index contributed by atoms with van der Waals surface area (Å²) >= 11 is 0. The van der Waals surface area contributed by atoms with E-state index in [2.05, 4.69) is 10.2 Å². The van der Waals surface area contributed by atoms with Gasteiger partial charge in [0.05, 0.1) is 13.1 Å². The minimum absolute atomic E-state index is 0.0352. The highest BCUT2D eigenvalue weighted by Gasteiger charge is 2.23. The quantitative estimate of drug-likeness (QED) is 0.740. The third kappa shape index (κ3) is 6.60. The lowest BCUT2D eigenvalue weighted by Gasteiger charge is -2.35. The van der Waals surface area contributed by atoms with Crippen LogP contribution in [0, 0.1) is 19.7 Å². The van der Waals surface area contributed by atoms with Crippen molar-refractivity contribution < 1.29 is 14.0 Å². The predicted octanol–water partition coefficient (Wildman–Crippen LogP) is 2.66. The van der Waals surface area contributed by atoms with E-state index in [4.69, 9.17) is 0 Å². The molecule has 0 aromatic heterocycles. The third-order valence-electron chi connectivity index (χ3n) is 5.58. The molecular weight excluding hydrogens is 395 g/mol. The summed E-state index contributed by atoms with van der Waals surface area (Å²) in [6, 6.07) is 12.4. The fourth-order valence-electron chi connectivity index (χ4n) is 3.88. The summed E-state index contributed by atoms with van der Waals surface area (Å²) in [7, 11) is 1.86. The van der Waals surface area contributed by atoms with Crippen molar-refractivity contribution in [2.45, 2.75) is 20.4 Å². The van der Waals surface area contributed by atoms with Crippen LogP contribution < -0.4 is 5.32 Å². The molecule has 1 saturated heterocycles. The number of hydrogen-bond acceptors (Lipinski definition) is 4. The van der Waals surface area contributed by atoms with E-state index < -0.39 is 0 Å². The van der Waals surface area contributed by atoms with Crippen LogP contribution in [0.1, 0.15) is 16.7 Å². The highest BCUT2D eigenvalue weighted by Crippen LogP contribution is 2.19. The Kier molecular flexibility index (Phi) is 7.76. The number of carbonyl (C=O) groups is 2. The zero-order chi connectivity index (χ0) is 22.4. The zero-order valence-corrected chi connectivity index (χ0v) is 18.5. The standard InChI is InChI=1S/C24H31FN4O2/c1-18-6-4-7-19(2)24(18)26-22(30)16-28-10-12-29(13-11-28)23(31)17-27(3)15-20-8-5-9-21(25)14-20/h4-9,14H,10-13,15-17H2,1-3H3,(H,26,30). The molecule has 0 aliphatic carbocycles. The lowest BCUT2D eigenvalue weighted by molar-refractivity contribution is -0.134. The Labute approximate surface area is 183 Å². The molecule has 0 unspecified atom stereocenters. The maximum atomic E-state index is 13.3. The fraction of sp³-hybridized carbons (Fsp3) is 0.417. The maximum Gasteiger partial charge on any atom is 0.238 e. The molecule has 0 atom stereocenters. The maximum absolute atomic E-state index is 13.3. The monoisotopic (exact) mass is 426 g/mol. The highest BCUT2D eigenvalue weighted by molar-refractivity contribution is 5.93. The summed E-state index contributed by atoms with van der Waals surface area (Å²) < 4.78 is 13.3. The molecule has 7 heteroatoms. The van der Waals surface area contributed by atoms with Crippen LogP contribution in [0.3, 0.4) is 0 Å². The largest absolute Gasteiger partial charge is 0.339 e. The molecule has 1 N–H and O–H groups in total. The van der Waals surface area contributed by atoms with Gasteiger partial charge in [0.2, 0.25) is 11.8 Å². The first kappa shape index (κ1) is 22.9. The number of rotatable bonds is 7. The number of hydrogen-bond donors (Lipinski definition) is 1. The molecule has 2 aromatic rings. The summed E-state index contributed by atoms with van der Waals surface area (Å²) in [5.74, 6) is -0.250. The van der Waals surface area contributed by atoms with Crippen molar-refractivity contribution >= 4 is 17.5 Å². The van der Waals surface area contributed by atoms with E-state index in [1.165, 1.54) is 12.1 Å². The number of likely N-dealkylation sites (N-methyl/N-ethyl adjacent to an activating group) is 1. The van der Waals surface area contributed by atoms with E-state index in [0.717, 1.165) is 22.4 Å². The number of piperazine rings is 1. The second-order valence-corrected chi connectivity index (χ2v) is 8.27. The van der Waals surface area contributed by atoms with Gasteiger partial charge in [-0.3, -0.25) is 19.4 Å². The summed E-state index contributed by atoms with van der Waals surface area (Å²) in [4.78, 5) is 30.9. The van der Waals surface area contributed by atoms with Crippen LogP contribution in [-0.4, -0.2) is 72.8 Å². The molecule has 2 aromatic carbocycles. The molecule has 1 aliphatic rings. The summed E-state index contributed by atoms with van der Waals surface area (Å²) in [6.07, 6.45) is 0. The van der Waals surface area contributed by atoms with E-state index in [1.54, 1.807) is 6.07 Å². The first-order valence-corrected chi connectivity index (χ1v) is 10.6. The second-order valence-electron chi connectivity index (χ2n) is 8.27. The van der Waals surface area contributed by atoms with Crippen molar-refractivity contribution in [3.05, 3.63) is 65.0 Å². The van der Waals surface area contributed by atoms with E-state index in [-0.39, 0.29) is 24.2 Å².